The summed E-state index contributed by atoms with van der Waals surface area (Å²) < 4.78 is 27.1. The second-order valence-corrected chi connectivity index (χ2v) is 4.48. The molecule has 4 heteroatoms. The first-order chi connectivity index (χ1) is 6.42. The Bertz CT molecular complexity index is 183. The molecule has 1 N–H and O–H groups in total. The quantitative estimate of drug-likeness (QED) is 0.740. The lowest BCUT2D eigenvalue weighted by molar-refractivity contribution is -0.0430. The van der Waals surface area contributed by atoms with Gasteiger partial charge in [0, 0.05) is 19.0 Å². The summed E-state index contributed by atoms with van der Waals surface area (Å²) in [6, 6.07) is -0.540. The lowest BCUT2D eigenvalue weighted by Crippen LogP contribution is -2.47. The van der Waals surface area contributed by atoms with Crippen molar-refractivity contribution < 1.29 is 8.78 Å². The second-order valence-electron chi connectivity index (χ2n) is 4.48. The number of nitrogens with zero attached hydrogens (tertiary/aromatic N) is 1. The summed E-state index contributed by atoms with van der Waals surface area (Å²) in [7, 11) is 1.90. The van der Waals surface area contributed by atoms with Crippen LogP contribution in [0.1, 0.15) is 26.7 Å². The van der Waals surface area contributed by atoms with Crippen LogP contribution in [-0.4, -0.2) is 43.0 Å². The van der Waals surface area contributed by atoms with Crippen molar-refractivity contribution in [2.45, 2.75) is 44.7 Å². The number of rotatable bonds is 2. The summed E-state index contributed by atoms with van der Waals surface area (Å²) in [5.41, 5.74) is 0. The fourth-order valence-electron chi connectivity index (χ4n) is 1.79. The maximum atomic E-state index is 13.6. The molecule has 1 unspecified atom stereocenters. The minimum absolute atomic E-state index is 0.0338. The molecular weight excluding hydrogens is 186 g/mol. The monoisotopic (exact) mass is 206 g/mol. The Morgan fingerprint density at radius 3 is 2.57 bits per heavy atom. The molecule has 14 heavy (non-hydrogen) atoms. The van der Waals surface area contributed by atoms with Crippen LogP contribution < -0.4 is 5.32 Å². The molecule has 1 heterocycles. The Hall–Kier alpha value is -0.220. The Labute approximate surface area is 84.7 Å². The molecule has 0 aromatic rings. The predicted octanol–water partition coefficient (Wildman–Crippen LogP) is 1.71. The van der Waals surface area contributed by atoms with Gasteiger partial charge >= 0.3 is 0 Å². The molecular formula is C10H20F2N2. The van der Waals surface area contributed by atoms with Crippen molar-refractivity contribution in [3.8, 4) is 0 Å². The zero-order valence-corrected chi connectivity index (χ0v) is 9.19. The molecule has 0 amide bonds. The van der Waals surface area contributed by atoms with E-state index in [2.05, 4.69) is 5.32 Å². The van der Waals surface area contributed by atoms with E-state index in [0.29, 0.717) is 13.0 Å². The van der Waals surface area contributed by atoms with Crippen LogP contribution in [0.4, 0.5) is 8.78 Å². The highest BCUT2D eigenvalue weighted by Crippen LogP contribution is 2.28. The van der Waals surface area contributed by atoms with Crippen LogP contribution in [0.15, 0.2) is 0 Å². The zero-order valence-electron chi connectivity index (χ0n) is 9.19. The highest BCUT2D eigenvalue weighted by Gasteiger charge is 2.40. The molecule has 1 rings (SSSR count). The molecule has 0 radical (unpaired) electrons. The van der Waals surface area contributed by atoms with Crippen molar-refractivity contribution in [2.75, 3.05) is 20.1 Å². The average Bonchev–Trinajstić information content (AvgIpc) is 2.17. The fourth-order valence-corrected chi connectivity index (χ4v) is 1.79. The first-order valence-corrected chi connectivity index (χ1v) is 5.24. The standard InChI is InChI=1S/C10H20F2N2/c1-8(2)13-9-4-6-14(3)7-5-10(9,11)12/h8-9,13H,4-7H2,1-3H3. The van der Waals surface area contributed by atoms with Crippen molar-refractivity contribution in [3.05, 3.63) is 0 Å². The van der Waals surface area contributed by atoms with Gasteiger partial charge in [-0.2, -0.15) is 0 Å². The molecule has 0 aromatic carbocycles. The van der Waals surface area contributed by atoms with E-state index in [-0.39, 0.29) is 12.5 Å². The highest BCUT2D eigenvalue weighted by molar-refractivity contribution is 4.88. The van der Waals surface area contributed by atoms with Gasteiger partial charge in [0.1, 0.15) is 0 Å². The van der Waals surface area contributed by atoms with Crippen molar-refractivity contribution >= 4 is 0 Å². The molecule has 0 aromatic heterocycles. The topological polar surface area (TPSA) is 15.3 Å². The van der Waals surface area contributed by atoms with Crippen molar-refractivity contribution in [3.63, 3.8) is 0 Å². The molecule has 0 bridgehead atoms. The number of hydrogen-bond donors (Lipinski definition) is 1. The first-order valence-electron chi connectivity index (χ1n) is 5.24. The maximum Gasteiger partial charge on any atom is 0.264 e. The summed E-state index contributed by atoms with van der Waals surface area (Å²) in [5, 5.41) is 2.96. The number of halogens is 2. The van der Waals surface area contributed by atoms with Gasteiger partial charge in [-0.3, -0.25) is 0 Å². The Kier molecular flexibility index (Phi) is 3.84. The maximum absolute atomic E-state index is 13.6. The van der Waals surface area contributed by atoms with Gasteiger partial charge in [0.15, 0.2) is 0 Å². The van der Waals surface area contributed by atoms with E-state index in [1.54, 1.807) is 0 Å². The highest BCUT2D eigenvalue weighted by atomic mass is 19.3. The smallest absolute Gasteiger partial charge is 0.264 e. The van der Waals surface area contributed by atoms with Gasteiger partial charge < -0.3 is 10.2 Å². The first kappa shape index (κ1) is 11.9. The van der Waals surface area contributed by atoms with Gasteiger partial charge in [0.05, 0.1) is 6.04 Å². The van der Waals surface area contributed by atoms with Crippen LogP contribution in [0.25, 0.3) is 0 Å². The van der Waals surface area contributed by atoms with E-state index in [1.165, 1.54) is 0 Å². The number of alkyl halides is 2. The molecule has 1 fully saturated rings. The van der Waals surface area contributed by atoms with Gasteiger partial charge in [-0.05, 0) is 20.0 Å². The van der Waals surface area contributed by atoms with Crippen LogP contribution in [-0.2, 0) is 0 Å². The van der Waals surface area contributed by atoms with E-state index in [1.807, 2.05) is 25.8 Å². The second kappa shape index (κ2) is 4.53. The Balaban J connectivity index is 2.60. The predicted molar refractivity (Wildman–Crippen MR) is 53.7 cm³/mol. The zero-order chi connectivity index (χ0) is 10.8. The van der Waals surface area contributed by atoms with Crippen molar-refractivity contribution in [1.29, 1.82) is 0 Å². The average molecular weight is 206 g/mol. The van der Waals surface area contributed by atoms with Gasteiger partial charge in [-0.15, -0.1) is 0 Å². The molecule has 1 saturated heterocycles. The minimum Gasteiger partial charge on any atom is -0.306 e. The third-order valence-electron chi connectivity index (χ3n) is 2.67. The van der Waals surface area contributed by atoms with Crippen molar-refractivity contribution in [2.24, 2.45) is 0 Å². The third-order valence-corrected chi connectivity index (χ3v) is 2.67. The molecule has 84 valence electrons. The van der Waals surface area contributed by atoms with Crippen LogP contribution in [0.2, 0.25) is 0 Å². The lowest BCUT2D eigenvalue weighted by atomic mass is 10.0. The van der Waals surface area contributed by atoms with Crippen molar-refractivity contribution in [1.82, 2.24) is 10.2 Å². The van der Waals surface area contributed by atoms with Crippen LogP contribution in [0, 0.1) is 0 Å². The van der Waals surface area contributed by atoms with Crippen LogP contribution >= 0.6 is 0 Å². The normalized spacial score (nSPS) is 29.1. The SMILES string of the molecule is CC(C)NC1CCN(C)CCC1(F)F. The van der Waals surface area contributed by atoms with E-state index >= 15 is 0 Å². The summed E-state index contributed by atoms with van der Waals surface area (Å²) >= 11 is 0. The molecule has 1 atom stereocenters. The summed E-state index contributed by atoms with van der Waals surface area (Å²) in [6.07, 6.45) is 0.496. The van der Waals surface area contributed by atoms with Gasteiger partial charge in [-0.1, -0.05) is 13.8 Å². The number of nitrogens with one attached hydrogen (secondary N) is 1. The molecule has 0 saturated carbocycles. The fraction of sp³-hybridized carbons (Fsp3) is 1.00. The third kappa shape index (κ3) is 3.17. The summed E-state index contributed by atoms with van der Waals surface area (Å²) in [5.74, 6) is -2.56. The molecule has 0 aliphatic carbocycles. The number of hydrogen-bond acceptors (Lipinski definition) is 2. The molecule has 1 aliphatic rings. The summed E-state index contributed by atoms with van der Waals surface area (Å²) in [4.78, 5) is 1.97. The van der Waals surface area contributed by atoms with Gasteiger partial charge in [0.2, 0.25) is 0 Å². The van der Waals surface area contributed by atoms with Crippen LogP contribution in [0.3, 0.4) is 0 Å². The summed E-state index contributed by atoms with van der Waals surface area (Å²) in [6.45, 7) is 5.05. The minimum atomic E-state index is -2.56. The number of likely N-dealkylation sites (tertiary alicyclic amines) is 1. The van der Waals surface area contributed by atoms with E-state index < -0.39 is 12.0 Å². The molecule has 1 aliphatic heterocycles. The van der Waals surface area contributed by atoms with Gasteiger partial charge in [0.25, 0.3) is 5.92 Å². The largest absolute Gasteiger partial charge is 0.306 e. The molecule has 2 nitrogen and oxygen atoms in total. The Morgan fingerprint density at radius 2 is 2.00 bits per heavy atom. The lowest BCUT2D eigenvalue weighted by Gasteiger charge is -2.27. The van der Waals surface area contributed by atoms with E-state index in [9.17, 15) is 8.78 Å². The van der Waals surface area contributed by atoms with Gasteiger partial charge in [-0.25, -0.2) is 8.78 Å². The molecule has 0 spiro atoms. The van der Waals surface area contributed by atoms with E-state index in [4.69, 9.17) is 0 Å². The van der Waals surface area contributed by atoms with Crippen LogP contribution in [0.5, 0.6) is 0 Å². The Morgan fingerprint density at radius 1 is 1.36 bits per heavy atom. The van der Waals surface area contributed by atoms with E-state index in [0.717, 1.165) is 6.54 Å².